The van der Waals surface area contributed by atoms with Crippen molar-refractivity contribution in [2.45, 2.75) is 40.2 Å². The highest BCUT2D eigenvalue weighted by atomic mass is 15.0. The zero-order valence-corrected chi connectivity index (χ0v) is 8.08. The molecule has 0 saturated heterocycles. The molecule has 0 atom stereocenters. The number of hydrogen-bond donors (Lipinski definition) is 1. The predicted molar refractivity (Wildman–Crippen MR) is 49.3 cm³/mol. The van der Waals surface area contributed by atoms with Crippen molar-refractivity contribution in [2.24, 2.45) is 0 Å². The molecule has 0 radical (unpaired) electrons. The Morgan fingerprint density at radius 1 is 1.18 bits per heavy atom. The van der Waals surface area contributed by atoms with Gasteiger partial charge in [-0.2, -0.15) is 0 Å². The molecule has 1 N–H and O–H groups in total. The van der Waals surface area contributed by atoms with Gasteiger partial charge in [0.2, 0.25) is 0 Å². The fourth-order valence-electron chi connectivity index (χ4n) is 1.55. The van der Waals surface area contributed by atoms with Crippen LogP contribution in [0.4, 0.5) is 0 Å². The van der Waals surface area contributed by atoms with Gasteiger partial charge in [0.25, 0.3) is 0 Å². The van der Waals surface area contributed by atoms with E-state index in [1.807, 2.05) is 0 Å². The normalized spacial score (nSPS) is 22.8. The van der Waals surface area contributed by atoms with Gasteiger partial charge in [-0.25, -0.2) is 0 Å². The van der Waals surface area contributed by atoms with Gasteiger partial charge in [0.1, 0.15) is 0 Å². The molecule has 1 aliphatic heterocycles. The van der Waals surface area contributed by atoms with Crippen LogP contribution in [0, 0.1) is 0 Å². The molecule has 0 saturated carbocycles. The summed E-state index contributed by atoms with van der Waals surface area (Å²) >= 11 is 0. The van der Waals surface area contributed by atoms with Gasteiger partial charge in [-0.1, -0.05) is 0 Å². The van der Waals surface area contributed by atoms with Crippen LogP contribution in [0.25, 0.3) is 0 Å². The summed E-state index contributed by atoms with van der Waals surface area (Å²) in [6.07, 6.45) is 2.20. The molecule has 0 fully saturated rings. The van der Waals surface area contributed by atoms with Crippen molar-refractivity contribution in [1.29, 1.82) is 0 Å². The topological polar surface area (TPSA) is 12.0 Å². The van der Waals surface area contributed by atoms with E-state index in [-0.39, 0.29) is 5.54 Å². The van der Waals surface area contributed by atoms with Crippen LogP contribution in [-0.2, 0) is 0 Å². The van der Waals surface area contributed by atoms with Crippen LogP contribution in [0.3, 0.4) is 0 Å². The molecule has 0 amide bonds. The third kappa shape index (κ3) is 1.47. The first-order chi connectivity index (χ1) is 4.93. The summed E-state index contributed by atoms with van der Waals surface area (Å²) in [6.45, 7) is 10.9. The molecule has 0 bridgehead atoms. The zero-order chi connectivity index (χ0) is 8.65. The predicted octanol–water partition coefficient (Wildman–Crippen LogP) is 2.61. The van der Waals surface area contributed by atoms with E-state index in [4.69, 9.17) is 0 Å². The van der Waals surface area contributed by atoms with Crippen molar-refractivity contribution in [2.75, 3.05) is 0 Å². The fourth-order valence-corrected chi connectivity index (χ4v) is 1.55. The molecule has 0 aromatic rings. The highest BCUT2D eigenvalue weighted by Crippen LogP contribution is 2.25. The van der Waals surface area contributed by atoms with Crippen LogP contribution in [0.5, 0.6) is 0 Å². The number of nitrogens with one attached hydrogen (secondary N) is 1. The summed E-state index contributed by atoms with van der Waals surface area (Å²) in [5.74, 6) is 0. The third-order valence-corrected chi connectivity index (χ3v) is 2.47. The molecule has 1 heterocycles. The van der Waals surface area contributed by atoms with Gasteiger partial charge in [-0.15, -0.1) is 0 Å². The van der Waals surface area contributed by atoms with Crippen LogP contribution in [0.2, 0.25) is 0 Å². The third-order valence-electron chi connectivity index (χ3n) is 2.47. The van der Waals surface area contributed by atoms with Crippen LogP contribution in [0.15, 0.2) is 22.9 Å². The molecule has 0 aromatic carbocycles. The Hall–Kier alpha value is -0.720. The Morgan fingerprint density at radius 3 is 2.18 bits per heavy atom. The Balaban J connectivity index is 3.07. The molecule has 0 aromatic heterocycles. The molecule has 1 aliphatic rings. The van der Waals surface area contributed by atoms with Gasteiger partial charge in [0, 0.05) is 5.70 Å². The van der Waals surface area contributed by atoms with Gasteiger partial charge in [-0.05, 0) is 51.8 Å². The SMILES string of the molecule is CC1=CC(C)=C(C)C(C)(C)N1. The van der Waals surface area contributed by atoms with E-state index in [9.17, 15) is 0 Å². The lowest BCUT2D eigenvalue weighted by Crippen LogP contribution is -2.41. The monoisotopic (exact) mass is 151 g/mol. The number of allylic oxidation sites excluding steroid dienone is 3. The van der Waals surface area contributed by atoms with E-state index >= 15 is 0 Å². The molecule has 11 heavy (non-hydrogen) atoms. The number of dihydropyridines is 1. The first-order valence-corrected chi connectivity index (χ1v) is 4.08. The maximum absolute atomic E-state index is 3.44. The minimum atomic E-state index is 0.142. The van der Waals surface area contributed by atoms with Crippen molar-refractivity contribution < 1.29 is 0 Å². The highest BCUT2D eigenvalue weighted by Gasteiger charge is 2.23. The fraction of sp³-hybridized carbons (Fsp3) is 0.600. The minimum absolute atomic E-state index is 0.142. The molecule has 1 nitrogen and oxygen atoms in total. The maximum Gasteiger partial charge on any atom is 0.0528 e. The molecule has 0 spiro atoms. The Morgan fingerprint density at radius 2 is 1.73 bits per heavy atom. The summed E-state index contributed by atoms with van der Waals surface area (Å²) in [7, 11) is 0. The van der Waals surface area contributed by atoms with Crippen molar-refractivity contribution in [3.8, 4) is 0 Å². The van der Waals surface area contributed by atoms with Crippen LogP contribution in [-0.4, -0.2) is 5.54 Å². The Labute approximate surface area is 69.2 Å². The number of hydrogen-bond acceptors (Lipinski definition) is 1. The average molecular weight is 151 g/mol. The summed E-state index contributed by atoms with van der Waals surface area (Å²) in [6, 6.07) is 0. The Kier molecular flexibility index (Phi) is 1.83. The molecule has 0 unspecified atom stereocenters. The Bertz CT molecular complexity index is 231. The van der Waals surface area contributed by atoms with Crippen molar-refractivity contribution in [1.82, 2.24) is 5.32 Å². The van der Waals surface area contributed by atoms with Gasteiger partial charge in [-0.3, -0.25) is 0 Å². The van der Waals surface area contributed by atoms with Gasteiger partial charge in [0.15, 0.2) is 0 Å². The molecule has 0 aliphatic carbocycles. The quantitative estimate of drug-likeness (QED) is 0.561. The minimum Gasteiger partial charge on any atom is -0.380 e. The second kappa shape index (κ2) is 2.40. The van der Waals surface area contributed by atoms with Crippen molar-refractivity contribution in [3.63, 3.8) is 0 Å². The molecule has 1 heteroatoms. The summed E-state index contributed by atoms with van der Waals surface area (Å²) < 4.78 is 0. The van der Waals surface area contributed by atoms with E-state index in [0.29, 0.717) is 0 Å². The highest BCUT2D eigenvalue weighted by molar-refractivity contribution is 5.36. The maximum atomic E-state index is 3.44. The van der Waals surface area contributed by atoms with E-state index in [2.05, 4.69) is 46.0 Å². The lowest BCUT2D eigenvalue weighted by atomic mass is 9.88. The van der Waals surface area contributed by atoms with Crippen molar-refractivity contribution >= 4 is 0 Å². The smallest absolute Gasteiger partial charge is 0.0528 e. The molecule has 62 valence electrons. The second-order valence-corrected chi connectivity index (χ2v) is 3.89. The van der Waals surface area contributed by atoms with Crippen molar-refractivity contribution in [3.05, 3.63) is 22.9 Å². The van der Waals surface area contributed by atoms with Gasteiger partial charge >= 0.3 is 0 Å². The first kappa shape index (κ1) is 8.38. The van der Waals surface area contributed by atoms with E-state index in [0.717, 1.165) is 0 Å². The largest absolute Gasteiger partial charge is 0.380 e. The molecular weight excluding hydrogens is 134 g/mol. The zero-order valence-electron chi connectivity index (χ0n) is 8.08. The summed E-state index contributed by atoms with van der Waals surface area (Å²) in [4.78, 5) is 0. The average Bonchev–Trinajstić information content (AvgIpc) is 1.81. The first-order valence-electron chi connectivity index (χ1n) is 4.08. The second-order valence-electron chi connectivity index (χ2n) is 3.89. The van der Waals surface area contributed by atoms with Gasteiger partial charge < -0.3 is 5.32 Å². The van der Waals surface area contributed by atoms with E-state index < -0.39 is 0 Å². The standard InChI is InChI=1S/C10H17N/c1-7-6-8(2)11-10(4,5)9(7)3/h6,11H,1-5H3. The van der Waals surface area contributed by atoms with Gasteiger partial charge in [0.05, 0.1) is 5.54 Å². The lowest BCUT2D eigenvalue weighted by Gasteiger charge is -2.33. The number of rotatable bonds is 0. The lowest BCUT2D eigenvalue weighted by molar-refractivity contribution is 0.489. The van der Waals surface area contributed by atoms with Crippen LogP contribution < -0.4 is 5.32 Å². The van der Waals surface area contributed by atoms with E-state index in [1.54, 1.807) is 0 Å². The summed E-state index contributed by atoms with van der Waals surface area (Å²) in [5, 5.41) is 3.44. The van der Waals surface area contributed by atoms with E-state index in [1.165, 1.54) is 16.8 Å². The molecule has 1 rings (SSSR count). The van der Waals surface area contributed by atoms with Crippen LogP contribution in [0.1, 0.15) is 34.6 Å². The summed E-state index contributed by atoms with van der Waals surface area (Å²) in [5.41, 5.74) is 4.23. The molecular formula is C10H17N. The van der Waals surface area contributed by atoms with Crippen LogP contribution >= 0.6 is 0 Å².